The molecule has 0 aromatic carbocycles. The molecule has 0 amide bonds. The van der Waals surface area contributed by atoms with Gasteiger partial charge < -0.3 is 4.42 Å². The summed E-state index contributed by atoms with van der Waals surface area (Å²) in [5.41, 5.74) is 1.78. The normalized spacial score (nSPS) is 9.30. The third-order valence-electron chi connectivity index (χ3n) is 1.31. The topological polar surface area (TPSA) is 25.5 Å². The van der Waals surface area contributed by atoms with Gasteiger partial charge in [0.05, 0.1) is 6.26 Å². The molecule has 0 fully saturated rings. The summed E-state index contributed by atoms with van der Waals surface area (Å²) in [6, 6.07) is 0. The summed E-state index contributed by atoms with van der Waals surface area (Å²) in [4.78, 5) is 3.79. The van der Waals surface area contributed by atoms with Crippen molar-refractivity contribution in [1.82, 2.24) is 0 Å². The van der Waals surface area contributed by atoms with Crippen LogP contribution in [0.1, 0.15) is 11.3 Å². The minimum atomic E-state index is 0.688. The van der Waals surface area contributed by atoms with E-state index >= 15 is 0 Å². The maximum atomic E-state index is 5.08. The first-order valence-corrected chi connectivity index (χ1v) is 2.97. The van der Waals surface area contributed by atoms with Gasteiger partial charge in [-0.25, -0.2) is 0 Å². The molecule has 0 saturated carbocycles. The minimum Gasteiger partial charge on any atom is -0.462 e. The Morgan fingerprint density at radius 3 is 2.80 bits per heavy atom. The summed E-state index contributed by atoms with van der Waals surface area (Å²) >= 11 is 0. The van der Waals surface area contributed by atoms with Gasteiger partial charge in [-0.05, 0) is 19.7 Å². The standard InChI is InChI=1S/C8H9NO/c1-4-7-8(9-3)6(2)5-10-7/h4-5H,1,3H2,2H3. The molecule has 2 nitrogen and oxygen atoms in total. The Hall–Kier alpha value is -1.31. The van der Waals surface area contributed by atoms with Crippen LogP contribution < -0.4 is 0 Å². The van der Waals surface area contributed by atoms with Crippen LogP contribution in [0.5, 0.6) is 0 Å². The van der Waals surface area contributed by atoms with E-state index in [9.17, 15) is 0 Å². The van der Waals surface area contributed by atoms with Gasteiger partial charge in [0, 0.05) is 5.56 Å². The molecular formula is C8H9NO. The van der Waals surface area contributed by atoms with Gasteiger partial charge in [-0.2, -0.15) is 0 Å². The Balaban J connectivity index is 3.25. The van der Waals surface area contributed by atoms with E-state index in [1.807, 2.05) is 6.92 Å². The summed E-state index contributed by atoms with van der Waals surface area (Å²) in [5, 5.41) is 0. The first-order chi connectivity index (χ1) is 4.79. The average Bonchev–Trinajstić information content (AvgIpc) is 2.30. The molecule has 0 aliphatic heterocycles. The molecule has 0 atom stereocenters. The fourth-order valence-corrected chi connectivity index (χ4v) is 0.805. The number of rotatable bonds is 2. The second-order valence-electron chi connectivity index (χ2n) is 1.99. The Morgan fingerprint density at radius 1 is 1.70 bits per heavy atom. The van der Waals surface area contributed by atoms with E-state index in [2.05, 4.69) is 18.3 Å². The van der Waals surface area contributed by atoms with Crippen molar-refractivity contribution < 1.29 is 4.42 Å². The number of hydrogen-bond donors (Lipinski definition) is 0. The Morgan fingerprint density at radius 2 is 2.40 bits per heavy atom. The molecule has 0 saturated heterocycles. The van der Waals surface area contributed by atoms with Crippen LogP contribution in [0.3, 0.4) is 0 Å². The highest BCUT2D eigenvalue weighted by molar-refractivity contribution is 5.63. The van der Waals surface area contributed by atoms with E-state index in [1.54, 1.807) is 12.3 Å². The predicted molar refractivity (Wildman–Crippen MR) is 42.7 cm³/mol. The van der Waals surface area contributed by atoms with Crippen LogP contribution in [0.2, 0.25) is 0 Å². The van der Waals surface area contributed by atoms with Crippen LogP contribution in [0.25, 0.3) is 6.08 Å². The van der Waals surface area contributed by atoms with Crippen molar-refractivity contribution in [3.8, 4) is 0 Å². The zero-order chi connectivity index (χ0) is 7.56. The van der Waals surface area contributed by atoms with Crippen molar-refractivity contribution in [3.63, 3.8) is 0 Å². The second-order valence-corrected chi connectivity index (χ2v) is 1.99. The molecule has 1 aromatic rings. The molecule has 10 heavy (non-hydrogen) atoms. The predicted octanol–water partition coefficient (Wildman–Crippen LogP) is 2.56. The number of hydrogen-bond acceptors (Lipinski definition) is 2. The minimum absolute atomic E-state index is 0.688. The van der Waals surface area contributed by atoms with E-state index in [-0.39, 0.29) is 0 Å². The third-order valence-corrected chi connectivity index (χ3v) is 1.31. The molecule has 0 unspecified atom stereocenters. The first kappa shape index (κ1) is 6.81. The highest BCUT2D eigenvalue weighted by Gasteiger charge is 2.03. The second kappa shape index (κ2) is 2.52. The molecule has 0 aliphatic carbocycles. The summed E-state index contributed by atoms with van der Waals surface area (Å²) < 4.78 is 5.08. The van der Waals surface area contributed by atoms with Gasteiger partial charge in [-0.15, -0.1) is 0 Å². The molecule has 2 heteroatoms. The van der Waals surface area contributed by atoms with Gasteiger partial charge in [0.25, 0.3) is 0 Å². The first-order valence-electron chi connectivity index (χ1n) is 2.97. The highest BCUT2D eigenvalue weighted by Crippen LogP contribution is 2.25. The van der Waals surface area contributed by atoms with Crippen LogP contribution in [0.15, 0.2) is 22.3 Å². The van der Waals surface area contributed by atoms with Crippen molar-refractivity contribution in [2.75, 3.05) is 0 Å². The average molecular weight is 135 g/mol. The van der Waals surface area contributed by atoms with Gasteiger partial charge in [0.15, 0.2) is 5.76 Å². The molecular weight excluding hydrogens is 126 g/mol. The van der Waals surface area contributed by atoms with E-state index < -0.39 is 0 Å². The maximum absolute atomic E-state index is 5.08. The maximum Gasteiger partial charge on any atom is 0.151 e. The highest BCUT2D eigenvalue weighted by atomic mass is 16.3. The molecule has 0 radical (unpaired) electrons. The van der Waals surface area contributed by atoms with Gasteiger partial charge in [-0.3, -0.25) is 4.99 Å². The Bertz CT molecular complexity index is 260. The van der Waals surface area contributed by atoms with Crippen molar-refractivity contribution in [2.24, 2.45) is 4.99 Å². The molecule has 52 valence electrons. The van der Waals surface area contributed by atoms with E-state index in [4.69, 9.17) is 4.42 Å². The monoisotopic (exact) mass is 135 g/mol. The van der Waals surface area contributed by atoms with Crippen LogP contribution in [-0.4, -0.2) is 6.72 Å². The third kappa shape index (κ3) is 0.880. The Labute approximate surface area is 59.9 Å². The van der Waals surface area contributed by atoms with Crippen molar-refractivity contribution in [3.05, 3.63) is 24.2 Å². The molecule has 1 rings (SSSR count). The lowest BCUT2D eigenvalue weighted by atomic mass is 10.3. The quantitative estimate of drug-likeness (QED) is 0.572. The largest absolute Gasteiger partial charge is 0.462 e. The summed E-state index contributed by atoms with van der Waals surface area (Å²) in [6.07, 6.45) is 3.26. The number of aliphatic imine (C=N–C) groups is 1. The lowest BCUT2D eigenvalue weighted by Crippen LogP contribution is -1.65. The smallest absolute Gasteiger partial charge is 0.151 e. The molecule has 0 bridgehead atoms. The SMILES string of the molecule is C=Cc1occ(C)c1N=C. The molecule has 0 aliphatic rings. The van der Waals surface area contributed by atoms with Crippen molar-refractivity contribution in [1.29, 1.82) is 0 Å². The van der Waals surface area contributed by atoms with Gasteiger partial charge in [0.2, 0.25) is 0 Å². The van der Waals surface area contributed by atoms with Gasteiger partial charge >= 0.3 is 0 Å². The van der Waals surface area contributed by atoms with E-state index in [1.165, 1.54) is 0 Å². The number of nitrogens with zero attached hydrogens (tertiary/aromatic N) is 1. The van der Waals surface area contributed by atoms with Gasteiger partial charge in [-0.1, -0.05) is 6.58 Å². The van der Waals surface area contributed by atoms with Crippen molar-refractivity contribution in [2.45, 2.75) is 6.92 Å². The lowest BCUT2D eigenvalue weighted by molar-refractivity contribution is 0.556. The van der Waals surface area contributed by atoms with E-state index in [0.29, 0.717) is 5.76 Å². The number of aryl methyl sites for hydroxylation is 1. The van der Waals surface area contributed by atoms with Crippen LogP contribution in [0.4, 0.5) is 5.69 Å². The summed E-state index contributed by atoms with van der Waals surface area (Å²) in [6.45, 7) is 8.90. The van der Waals surface area contributed by atoms with Crippen LogP contribution in [-0.2, 0) is 0 Å². The zero-order valence-electron chi connectivity index (χ0n) is 5.92. The zero-order valence-corrected chi connectivity index (χ0v) is 5.92. The fourth-order valence-electron chi connectivity index (χ4n) is 0.805. The number of furan rings is 1. The van der Waals surface area contributed by atoms with E-state index in [0.717, 1.165) is 11.3 Å². The molecule has 0 N–H and O–H groups in total. The summed E-state index contributed by atoms with van der Waals surface area (Å²) in [5.74, 6) is 0.688. The Kier molecular flexibility index (Phi) is 1.71. The van der Waals surface area contributed by atoms with Crippen LogP contribution >= 0.6 is 0 Å². The van der Waals surface area contributed by atoms with Crippen molar-refractivity contribution >= 4 is 18.5 Å². The molecule has 0 spiro atoms. The van der Waals surface area contributed by atoms with Crippen LogP contribution in [0, 0.1) is 6.92 Å². The molecule has 1 aromatic heterocycles. The fraction of sp³-hybridized carbons (Fsp3) is 0.125. The lowest BCUT2D eigenvalue weighted by Gasteiger charge is -1.87. The molecule has 1 heterocycles. The van der Waals surface area contributed by atoms with Gasteiger partial charge in [0.1, 0.15) is 5.69 Å². The summed E-state index contributed by atoms with van der Waals surface area (Å²) in [7, 11) is 0.